The van der Waals surface area contributed by atoms with Gasteiger partial charge in [-0.3, -0.25) is 4.79 Å². The first-order chi connectivity index (χ1) is 10.0. The number of carboxylic acids is 1. The molecule has 2 saturated heterocycles. The molecule has 0 aliphatic carbocycles. The maximum absolute atomic E-state index is 10.1. The van der Waals surface area contributed by atoms with Crippen LogP contribution in [0.4, 0.5) is 0 Å². The Morgan fingerprint density at radius 1 is 1.00 bits per heavy atom. The van der Waals surface area contributed by atoms with E-state index in [9.17, 15) is 4.79 Å². The summed E-state index contributed by atoms with van der Waals surface area (Å²) in [6.07, 6.45) is 8.41. The van der Waals surface area contributed by atoms with Crippen molar-refractivity contribution < 1.29 is 50.4 Å². The van der Waals surface area contributed by atoms with Crippen LogP contribution in [-0.2, 0) is 14.3 Å². The molecule has 0 spiro atoms. The van der Waals surface area contributed by atoms with Gasteiger partial charge in [0.25, 0.3) is 0 Å². The minimum absolute atomic E-state index is 0. The molecule has 1 unspecified atom stereocenters. The topological polar surface area (TPSA) is 81.8 Å². The first kappa shape index (κ1) is 24.6. The van der Waals surface area contributed by atoms with Gasteiger partial charge in [-0.1, -0.05) is 13.8 Å². The van der Waals surface area contributed by atoms with Crippen LogP contribution >= 0.6 is 0 Å². The average Bonchev–Trinajstić information content (AvgIpc) is 2.51. The van der Waals surface area contributed by atoms with E-state index in [2.05, 4.69) is 0 Å². The van der Waals surface area contributed by atoms with Crippen molar-refractivity contribution in [3.63, 3.8) is 0 Å². The largest absolute Gasteiger partial charge is 1.00 e. The van der Waals surface area contributed by atoms with Crippen molar-refractivity contribution in [2.45, 2.75) is 64.8 Å². The van der Waals surface area contributed by atoms with Crippen LogP contribution in [0.3, 0.4) is 0 Å². The molecular formula is C16H34NNaO4. The van der Waals surface area contributed by atoms with Crippen LogP contribution < -0.4 is 35.3 Å². The number of carboxylic acid groups (broad SMARTS) is 1. The third-order valence-electron chi connectivity index (χ3n) is 3.20. The Hall–Kier alpha value is 0.350. The Morgan fingerprint density at radius 2 is 1.36 bits per heavy atom. The molecule has 5 nitrogen and oxygen atoms in total. The fourth-order valence-corrected chi connectivity index (χ4v) is 1.98. The molecule has 2 aliphatic rings. The molecule has 2 rings (SSSR count). The summed E-state index contributed by atoms with van der Waals surface area (Å²) in [5.41, 5.74) is 5.22. The molecule has 0 bridgehead atoms. The summed E-state index contributed by atoms with van der Waals surface area (Å²) in [6.45, 7) is 7.89. The van der Waals surface area contributed by atoms with Gasteiger partial charge in [0, 0.05) is 26.4 Å². The van der Waals surface area contributed by atoms with Gasteiger partial charge in [-0.15, -0.1) is 0 Å². The predicted molar refractivity (Wildman–Crippen MR) is 85.5 cm³/mol. The summed E-state index contributed by atoms with van der Waals surface area (Å²) in [6, 6.07) is -0.690. The third kappa shape index (κ3) is 18.4. The van der Waals surface area contributed by atoms with Gasteiger partial charge in [-0.25, -0.2) is 0 Å². The number of nitrogens with two attached hydrogens (primary N) is 1. The van der Waals surface area contributed by atoms with Crippen LogP contribution in [0.25, 0.3) is 0 Å². The summed E-state index contributed by atoms with van der Waals surface area (Å²) >= 11 is 0. The Balaban J connectivity index is -0.000000255. The first-order valence-electron chi connectivity index (χ1n) is 8.18. The van der Waals surface area contributed by atoms with Gasteiger partial charge >= 0.3 is 35.5 Å². The van der Waals surface area contributed by atoms with E-state index in [4.69, 9.17) is 20.3 Å². The van der Waals surface area contributed by atoms with E-state index in [0.29, 0.717) is 12.3 Å². The van der Waals surface area contributed by atoms with Crippen LogP contribution in [0.15, 0.2) is 0 Å². The van der Waals surface area contributed by atoms with E-state index < -0.39 is 12.0 Å². The molecule has 1 atom stereocenters. The smallest absolute Gasteiger partial charge is 1.00 e. The molecule has 0 aromatic rings. The van der Waals surface area contributed by atoms with Crippen LogP contribution in [0, 0.1) is 5.92 Å². The van der Waals surface area contributed by atoms with Crippen LogP contribution in [0.2, 0.25) is 0 Å². The maximum atomic E-state index is 10.1. The quantitative estimate of drug-likeness (QED) is 0.710. The van der Waals surface area contributed by atoms with Crippen molar-refractivity contribution in [1.29, 1.82) is 0 Å². The van der Waals surface area contributed by atoms with Gasteiger partial charge in [-0.2, -0.15) is 0 Å². The van der Waals surface area contributed by atoms with Gasteiger partial charge in [0.1, 0.15) is 6.04 Å². The normalized spacial score (nSPS) is 18.7. The molecule has 3 N–H and O–H groups in total. The van der Waals surface area contributed by atoms with Crippen molar-refractivity contribution in [1.82, 2.24) is 0 Å². The SMILES string of the molecule is C1CCOCC1.C1CCOCC1.CC(C)CC(N)C(=O)O.[H-].[Na+]. The van der Waals surface area contributed by atoms with Gasteiger partial charge in [0.2, 0.25) is 0 Å². The minimum atomic E-state index is -0.913. The van der Waals surface area contributed by atoms with Crippen molar-refractivity contribution in [2.75, 3.05) is 26.4 Å². The van der Waals surface area contributed by atoms with Crippen LogP contribution in [-0.4, -0.2) is 43.5 Å². The van der Waals surface area contributed by atoms with Crippen molar-refractivity contribution in [3.05, 3.63) is 0 Å². The molecule has 0 aromatic heterocycles. The Kier molecular flexibility index (Phi) is 19.8. The number of aliphatic carboxylic acids is 1. The summed E-state index contributed by atoms with van der Waals surface area (Å²) in [5.74, 6) is -0.556. The number of carbonyl (C=O) groups is 1. The fourth-order valence-electron chi connectivity index (χ4n) is 1.98. The Bertz CT molecular complexity index is 215. The van der Waals surface area contributed by atoms with E-state index in [0.717, 1.165) is 26.4 Å². The molecule has 0 saturated carbocycles. The van der Waals surface area contributed by atoms with E-state index >= 15 is 0 Å². The molecule has 22 heavy (non-hydrogen) atoms. The second-order valence-corrected chi connectivity index (χ2v) is 5.92. The molecule has 0 radical (unpaired) electrons. The standard InChI is InChI=1S/C6H13NO2.2C5H10O.Na.H/c1-4(2)3-5(7)6(8)9;2*1-2-4-6-5-3-1;;/h4-5H,3,7H2,1-2H3,(H,8,9);2*1-5H2;;/q;;;+1;-1. The number of ether oxygens (including phenoxy) is 2. The minimum Gasteiger partial charge on any atom is -1.00 e. The molecule has 0 aromatic carbocycles. The summed E-state index contributed by atoms with van der Waals surface area (Å²) in [4.78, 5) is 10.1. The Labute approximate surface area is 159 Å². The van der Waals surface area contributed by atoms with E-state index in [1.54, 1.807) is 0 Å². The Morgan fingerprint density at radius 3 is 1.45 bits per heavy atom. The molecule has 128 valence electrons. The summed E-state index contributed by atoms with van der Waals surface area (Å²) < 4.78 is 10.1. The van der Waals surface area contributed by atoms with Crippen LogP contribution in [0.5, 0.6) is 0 Å². The molecule has 2 fully saturated rings. The average molecular weight is 327 g/mol. The van der Waals surface area contributed by atoms with Crippen LogP contribution in [0.1, 0.15) is 60.2 Å². The van der Waals surface area contributed by atoms with Gasteiger partial charge in [0.05, 0.1) is 0 Å². The van der Waals surface area contributed by atoms with E-state index in [1.165, 1.54) is 38.5 Å². The zero-order chi connectivity index (χ0) is 15.9. The summed E-state index contributed by atoms with van der Waals surface area (Å²) in [7, 11) is 0. The van der Waals surface area contributed by atoms with Crippen molar-refractivity contribution in [2.24, 2.45) is 11.7 Å². The maximum Gasteiger partial charge on any atom is 1.00 e. The van der Waals surface area contributed by atoms with Gasteiger partial charge in [0.15, 0.2) is 0 Å². The molecule has 2 heterocycles. The predicted octanol–water partition coefficient (Wildman–Crippen LogP) is -0.0653. The third-order valence-corrected chi connectivity index (χ3v) is 3.20. The van der Waals surface area contributed by atoms with Gasteiger partial charge in [-0.05, 0) is 50.9 Å². The molecule has 6 heteroatoms. The number of hydrogen-bond donors (Lipinski definition) is 2. The summed E-state index contributed by atoms with van der Waals surface area (Å²) in [5, 5.41) is 8.31. The zero-order valence-electron chi connectivity index (χ0n) is 15.7. The van der Waals surface area contributed by atoms with Crippen molar-refractivity contribution in [3.8, 4) is 0 Å². The number of rotatable bonds is 3. The monoisotopic (exact) mass is 327 g/mol. The zero-order valence-corrected chi connectivity index (χ0v) is 16.7. The molecule has 0 amide bonds. The van der Waals surface area contributed by atoms with Gasteiger partial charge < -0.3 is 21.7 Å². The first-order valence-corrected chi connectivity index (χ1v) is 8.18. The number of hydrogen-bond acceptors (Lipinski definition) is 4. The van der Waals surface area contributed by atoms with Crippen molar-refractivity contribution >= 4 is 5.97 Å². The fraction of sp³-hybridized carbons (Fsp3) is 0.938. The molecule has 2 aliphatic heterocycles. The van der Waals surface area contributed by atoms with E-state index in [-0.39, 0.29) is 31.0 Å². The second-order valence-electron chi connectivity index (χ2n) is 5.92. The van der Waals surface area contributed by atoms with E-state index in [1.807, 2.05) is 13.8 Å². The second kappa shape index (κ2) is 17.7. The molecular weight excluding hydrogens is 293 g/mol.